The summed E-state index contributed by atoms with van der Waals surface area (Å²) in [6.45, 7) is 1.91. The highest BCUT2D eigenvalue weighted by Crippen LogP contribution is 2.31. The third-order valence-electron chi connectivity index (χ3n) is 4.59. The van der Waals surface area contributed by atoms with Crippen molar-refractivity contribution in [1.29, 1.82) is 0 Å². The van der Waals surface area contributed by atoms with Gasteiger partial charge >= 0.3 is 11.9 Å². The number of carbonyl (C=O) groups is 2. The van der Waals surface area contributed by atoms with E-state index in [0.29, 0.717) is 5.52 Å². The lowest BCUT2D eigenvalue weighted by Gasteiger charge is -2.09. The number of pyridine rings is 2. The Hall–Kier alpha value is -4.40. The maximum Gasteiger partial charge on any atom is 0.322 e. The predicted octanol–water partition coefficient (Wildman–Crippen LogP) is 3.90. The summed E-state index contributed by atoms with van der Waals surface area (Å²) >= 11 is 0. The van der Waals surface area contributed by atoms with Crippen molar-refractivity contribution in [2.24, 2.45) is 0 Å². The number of non-ortho nitro benzene ring substituents is 1. The Morgan fingerprint density at radius 2 is 1.42 bits per heavy atom. The zero-order valence-corrected chi connectivity index (χ0v) is 16.3. The van der Waals surface area contributed by atoms with Crippen molar-refractivity contribution in [2.75, 3.05) is 0 Å². The van der Waals surface area contributed by atoms with E-state index in [1.807, 2.05) is 13.0 Å². The number of hydrogen-bond acceptors (Lipinski definition) is 8. The number of fused-ring (bicyclic) bond motifs is 2. The molecular formula is C22H15N3O6. The van der Waals surface area contributed by atoms with Crippen LogP contribution in [-0.4, -0.2) is 26.8 Å². The van der Waals surface area contributed by atoms with Crippen LogP contribution < -0.4 is 9.47 Å². The van der Waals surface area contributed by atoms with Gasteiger partial charge in [-0.05, 0) is 42.8 Å². The van der Waals surface area contributed by atoms with Gasteiger partial charge in [-0.3, -0.25) is 29.7 Å². The highest BCUT2D eigenvalue weighted by atomic mass is 16.6. The molecule has 0 amide bonds. The fraction of sp³-hybridized carbons (Fsp3) is 0.0909. The predicted molar refractivity (Wildman–Crippen MR) is 111 cm³/mol. The van der Waals surface area contributed by atoms with Crippen LogP contribution in [0.1, 0.15) is 12.0 Å². The van der Waals surface area contributed by atoms with Crippen LogP contribution in [0.4, 0.5) is 5.69 Å². The van der Waals surface area contributed by atoms with Crippen molar-refractivity contribution in [3.8, 4) is 11.5 Å². The van der Waals surface area contributed by atoms with Gasteiger partial charge in [-0.15, -0.1) is 0 Å². The summed E-state index contributed by atoms with van der Waals surface area (Å²) in [6.07, 6.45) is 2.35. The van der Waals surface area contributed by atoms with E-state index in [1.54, 1.807) is 24.4 Å². The van der Waals surface area contributed by atoms with E-state index in [0.717, 1.165) is 10.9 Å². The Bertz CT molecular complexity index is 1350. The molecule has 0 saturated carbocycles. The molecule has 0 aliphatic carbocycles. The van der Waals surface area contributed by atoms with Gasteiger partial charge in [0.15, 0.2) is 11.5 Å². The second-order valence-corrected chi connectivity index (χ2v) is 6.64. The molecule has 0 bridgehead atoms. The average molecular weight is 417 g/mol. The molecule has 4 rings (SSSR count). The average Bonchev–Trinajstić information content (AvgIpc) is 2.76. The molecule has 2 heterocycles. The van der Waals surface area contributed by atoms with E-state index >= 15 is 0 Å². The number of aryl methyl sites for hydroxylation is 1. The first-order valence-electron chi connectivity index (χ1n) is 9.22. The van der Waals surface area contributed by atoms with Gasteiger partial charge in [0.1, 0.15) is 17.5 Å². The monoisotopic (exact) mass is 417 g/mol. The van der Waals surface area contributed by atoms with E-state index in [4.69, 9.17) is 9.47 Å². The molecule has 9 nitrogen and oxygen atoms in total. The first kappa shape index (κ1) is 19.9. The van der Waals surface area contributed by atoms with Crippen LogP contribution in [0.5, 0.6) is 11.5 Å². The molecule has 0 aliphatic rings. The second kappa shape index (κ2) is 8.15. The lowest BCUT2D eigenvalue weighted by molar-refractivity contribution is -0.383. The van der Waals surface area contributed by atoms with Crippen LogP contribution >= 0.6 is 0 Å². The zero-order chi connectivity index (χ0) is 22.0. The first-order chi connectivity index (χ1) is 14.9. The number of aromatic nitrogens is 2. The molecule has 0 aliphatic heterocycles. The summed E-state index contributed by atoms with van der Waals surface area (Å²) in [7, 11) is 0. The molecule has 0 fully saturated rings. The van der Waals surface area contributed by atoms with Crippen molar-refractivity contribution in [3.63, 3.8) is 0 Å². The molecular weight excluding hydrogens is 402 g/mol. The normalized spacial score (nSPS) is 10.7. The van der Waals surface area contributed by atoms with Crippen LogP contribution in [0.2, 0.25) is 0 Å². The molecule has 2 aromatic carbocycles. The van der Waals surface area contributed by atoms with Gasteiger partial charge in [-0.1, -0.05) is 12.1 Å². The molecule has 4 aromatic rings. The van der Waals surface area contributed by atoms with Gasteiger partial charge in [0.25, 0.3) is 5.69 Å². The van der Waals surface area contributed by atoms with Gasteiger partial charge in [0, 0.05) is 23.8 Å². The Morgan fingerprint density at radius 3 is 2.03 bits per heavy atom. The Morgan fingerprint density at radius 1 is 0.871 bits per heavy atom. The van der Waals surface area contributed by atoms with Crippen LogP contribution in [0.15, 0.2) is 60.9 Å². The molecule has 0 N–H and O–H groups in total. The Balaban J connectivity index is 1.51. The molecule has 2 aromatic heterocycles. The number of nitro groups is 1. The summed E-state index contributed by atoms with van der Waals surface area (Å²) in [5.74, 6) is -1.45. The van der Waals surface area contributed by atoms with Crippen LogP contribution in [-0.2, 0) is 9.59 Å². The third kappa shape index (κ3) is 4.01. The van der Waals surface area contributed by atoms with Crippen molar-refractivity contribution in [3.05, 3.63) is 76.6 Å². The summed E-state index contributed by atoms with van der Waals surface area (Å²) < 4.78 is 10.6. The highest BCUT2D eigenvalue weighted by Gasteiger charge is 2.20. The molecule has 0 spiro atoms. The van der Waals surface area contributed by atoms with E-state index in [1.165, 1.54) is 30.5 Å². The SMILES string of the molecule is Cc1ccc(OC(=O)CC(=O)Oc2ccc([N+](=O)[O-])c3cccnc23)c2ncccc12. The Kier molecular flexibility index (Phi) is 5.23. The summed E-state index contributed by atoms with van der Waals surface area (Å²) in [5.41, 5.74) is 1.46. The fourth-order valence-corrected chi connectivity index (χ4v) is 3.18. The van der Waals surface area contributed by atoms with Crippen molar-refractivity contribution < 1.29 is 24.0 Å². The van der Waals surface area contributed by atoms with E-state index in [9.17, 15) is 19.7 Å². The molecule has 0 unspecified atom stereocenters. The van der Waals surface area contributed by atoms with Gasteiger partial charge in [-0.2, -0.15) is 0 Å². The summed E-state index contributed by atoms with van der Waals surface area (Å²) in [6, 6.07) is 12.6. The number of esters is 2. The van der Waals surface area contributed by atoms with Gasteiger partial charge in [-0.25, -0.2) is 0 Å². The molecule has 9 heteroatoms. The topological polar surface area (TPSA) is 122 Å². The quantitative estimate of drug-likeness (QED) is 0.158. The number of ether oxygens (including phenoxy) is 2. The van der Waals surface area contributed by atoms with Crippen molar-refractivity contribution in [2.45, 2.75) is 13.3 Å². The maximum absolute atomic E-state index is 12.3. The number of rotatable bonds is 5. The first-order valence-corrected chi connectivity index (χ1v) is 9.22. The second-order valence-electron chi connectivity index (χ2n) is 6.64. The van der Waals surface area contributed by atoms with Crippen LogP contribution in [0.25, 0.3) is 21.8 Å². The smallest absolute Gasteiger partial charge is 0.322 e. The third-order valence-corrected chi connectivity index (χ3v) is 4.59. The molecule has 0 atom stereocenters. The molecule has 154 valence electrons. The van der Waals surface area contributed by atoms with Crippen molar-refractivity contribution in [1.82, 2.24) is 9.97 Å². The minimum absolute atomic E-state index is 0.0152. The number of hydrogen-bond donors (Lipinski definition) is 0. The lowest BCUT2D eigenvalue weighted by Crippen LogP contribution is -2.18. The highest BCUT2D eigenvalue weighted by molar-refractivity contribution is 5.98. The van der Waals surface area contributed by atoms with Crippen LogP contribution in [0, 0.1) is 17.0 Å². The van der Waals surface area contributed by atoms with Crippen molar-refractivity contribution >= 4 is 39.4 Å². The molecule has 0 saturated heterocycles. The minimum Gasteiger partial charge on any atom is -0.424 e. The number of nitrogens with zero attached hydrogens (tertiary/aromatic N) is 3. The van der Waals surface area contributed by atoms with Gasteiger partial charge in [0.2, 0.25) is 0 Å². The van der Waals surface area contributed by atoms with Crippen LogP contribution in [0.3, 0.4) is 0 Å². The fourth-order valence-electron chi connectivity index (χ4n) is 3.18. The summed E-state index contributed by atoms with van der Waals surface area (Å²) in [5, 5.41) is 12.2. The van der Waals surface area contributed by atoms with Gasteiger partial charge < -0.3 is 9.47 Å². The number of carbonyl (C=O) groups excluding carboxylic acids is 2. The standard InChI is InChI=1S/C22H15N3O6/c1-13-6-8-17(21-14(13)4-2-10-23-21)30-19(26)12-20(27)31-18-9-7-16(25(28)29)15-5-3-11-24-22(15)18/h2-11H,12H2,1H3. The molecule has 0 radical (unpaired) electrons. The van der Waals surface area contributed by atoms with E-state index < -0.39 is 23.3 Å². The minimum atomic E-state index is -0.879. The maximum atomic E-state index is 12.3. The number of nitro benzene ring substituents is 1. The van der Waals surface area contributed by atoms with E-state index in [-0.39, 0.29) is 28.1 Å². The number of benzene rings is 2. The van der Waals surface area contributed by atoms with E-state index in [2.05, 4.69) is 9.97 Å². The summed E-state index contributed by atoms with van der Waals surface area (Å²) in [4.78, 5) is 43.5. The largest absolute Gasteiger partial charge is 0.424 e. The molecule has 31 heavy (non-hydrogen) atoms. The Labute approximate surface area is 175 Å². The van der Waals surface area contributed by atoms with Gasteiger partial charge in [0.05, 0.1) is 10.3 Å². The lowest BCUT2D eigenvalue weighted by atomic mass is 10.1. The zero-order valence-electron chi connectivity index (χ0n) is 16.3.